The number of thioether (sulfide) groups is 1. The molecule has 11 heteroatoms. The molecule has 5 rings (SSSR count). The standard InChI is InChI=1S/C20H15FN6OS3/c21-13-4-1-5-14(10-13)26-20(22-24-25-26)31-12-19(28)27-16(18-7-3-9-30-18)11-15(23-27)17-6-2-8-29-17/h1-10,16H,11-12H2. The minimum absolute atomic E-state index is 0.110. The van der Waals surface area contributed by atoms with E-state index in [9.17, 15) is 9.18 Å². The van der Waals surface area contributed by atoms with E-state index in [0.29, 0.717) is 17.3 Å². The molecule has 1 amide bonds. The van der Waals surface area contributed by atoms with Crippen LogP contribution >= 0.6 is 34.4 Å². The monoisotopic (exact) mass is 470 g/mol. The third-order valence-corrected chi connectivity index (χ3v) is 7.46. The average Bonchev–Trinajstić information content (AvgIpc) is 3.56. The van der Waals surface area contributed by atoms with E-state index in [1.165, 1.54) is 28.6 Å². The predicted molar refractivity (Wildman–Crippen MR) is 119 cm³/mol. The molecule has 0 spiro atoms. The fourth-order valence-corrected chi connectivity index (χ4v) is 5.54. The van der Waals surface area contributed by atoms with Crippen LogP contribution in [0.1, 0.15) is 22.2 Å². The Morgan fingerprint density at radius 2 is 2.03 bits per heavy atom. The van der Waals surface area contributed by atoms with Gasteiger partial charge < -0.3 is 0 Å². The lowest BCUT2D eigenvalue weighted by Crippen LogP contribution is -2.28. The lowest BCUT2D eigenvalue weighted by Gasteiger charge is -2.20. The molecule has 0 saturated carbocycles. The molecular formula is C20H15FN6OS3. The topological polar surface area (TPSA) is 76.3 Å². The van der Waals surface area contributed by atoms with Crippen LogP contribution in [0.15, 0.2) is 69.5 Å². The van der Waals surface area contributed by atoms with Gasteiger partial charge in [0.25, 0.3) is 5.91 Å². The van der Waals surface area contributed by atoms with Crippen LogP contribution in [-0.4, -0.2) is 42.6 Å². The van der Waals surface area contributed by atoms with E-state index in [1.54, 1.807) is 39.8 Å². The van der Waals surface area contributed by atoms with Gasteiger partial charge in [-0.2, -0.15) is 9.78 Å². The highest BCUT2D eigenvalue weighted by molar-refractivity contribution is 7.99. The average molecular weight is 471 g/mol. The van der Waals surface area contributed by atoms with E-state index in [0.717, 1.165) is 15.5 Å². The summed E-state index contributed by atoms with van der Waals surface area (Å²) in [5, 5.41) is 22.2. The van der Waals surface area contributed by atoms with E-state index in [4.69, 9.17) is 0 Å². The summed E-state index contributed by atoms with van der Waals surface area (Å²) < 4.78 is 15.0. The predicted octanol–water partition coefficient (Wildman–Crippen LogP) is 4.39. The molecule has 3 aromatic heterocycles. The van der Waals surface area contributed by atoms with Gasteiger partial charge >= 0.3 is 0 Å². The van der Waals surface area contributed by atoms with E-state index >= 15 is 0 Å². The van der Waals surface area contributed by atoms with Crippen LogP contribution in [0.4, 0.5) is 4.39 Å². The molecule has 7 nitrogen and oxygen atoms in total. The summed E-state index contributed by atoms with van der Waals surface area (Å²) in [6.45, 7) is 0. The number of hydrogen-bond acceptors (Lipinski definition) is 8. The molecule has 31 heavy (non-hydrogen) atoms. The van der Waals surface area contributed by atoms with Crippen LogP contribution in [0, 0.1) is 5.82 Å². The van der Waals surface area contributed by atoms with Gasteiger partial charge in [0.05, 0.1) is 28.1 Å². The number of benzene rings is 1. The number of hydrazone groups is 1. The quantitative estimate of drug-likeness (QED) is 0.391. The molecule has 1 aliphatic rings. The zero-order chi connectivity index (χ0) is 21.2. The van der Waals surface area contributed by atoms with Crippen molar-refractivity contribution >= 4 is 46.1 Å². The van der Waals surface area contributed by atoms with E-state index in [-0.39, 0.29) is 23.5 Å². The Morgan fingerprint density at radius 1 is 1.16 bits per heavy atom. The second-order valence-electron chi connectivity index (χ2n) is 6.64. The number of amides is 1. The zero-order valence-corrected chi connectivity index (χ0v) is 18.4. The Hall–Kier alpha value is -2.89. The Labute approximate surface area is 189 Å². The maximum atomic E-state index is 13.6. The third-order valence-electron chi connectivity index (χ3n) is 4.66. The summed E-state index contributed by atoms with van der Waals surface area (Å²) in [5.74, 6) is -0.409. The van der Waals surface area contributed by atoms with Crippen molar-refractivity contribution in [3.63, 3.8) is 0 Å². The number of tetrazole rings is 1. The zero-order valence-electron chi connectivity index (χ0n) is 16.0. The highest BCUT2D eigenvalue weighted by Gasteiger charge is 2.34. The van der Waals surface area contributed by atoms with Gasteiger partial charge in [-0.1, -0.05) is 30.0 Å². The lowest BCUT2D eigenvalue weighted by atomic mass is 10.1. The van der Waals surface area contributed by atoms with Crippen molar-refractivity contribution < 1.29 is 9.18 Å². The highest BCUT2D eigenvalue weighted by atomic mass is 32.2. The van der Waals surface area contributed by atoms with Gasteiger partial charge in [0, 0.05) is 11.3 Å². The van der Waals surface area contributed by atoms with Crippen LogP contribution in [-0.2, 0) is 4.79 Å². The van der Waals surface area contributed by atoms with Gasteiger partial charge in [-0.15, -0.1) is 27.8 Å². The molecule has 1 atom stereocenters. The van der Waals surface area contributed by atoms with Crippen LogP contribution in [0.25, 0.3) is 5.69 Å². The molecule has 4 aromatic rings. The summed E-state index contributed by atoms with van der Waals surface area (Å²) in [6.07, 6.45) is 0.679. The normalized spacial score (nSPS) is 16.0. The Balaban J connectivity index is 1.35. The number of carbonyl (C=O) groups is 1. The molecule has 0 N–H and O–H groups in total. The van der Waals surface area contributed by atoms with Crippen LogP contribution < -0.4 is 0 Å². The first-order chi connectivity index (χ1) is 15.2. The van der Waals surface area contributed by atoms with Crippen molar-refractivity contribution in [3.05, 3.63) is 74.9 Å². The maximum absolute atomic E-state index is 13.6. The van der Waals surface area contributed by atoms with Crippen molar-refractivity contribution in [2.45, 2.75) is 17.6 Å². The molecule has 0 radical (unpaired) electrons. The van der Waals surface area contributed by atoms with Crippen molar-refractivity contribution in [2.75, 3.05) is 5.75 Å². The van der Waals surface area contributed by atoms with Gasteiger partial charge in [0.1, 0.15) is 5.82 Å². The molecule has 0 fully saturated rings. The van der Waals surface area contributed by atoms with E-state index in [2.05, 4.69) is 20.6 Å². The molecule has 1 aliphatic heterocycles. The molecule has 4 heterocycles. The fourth-order valence-electron chi connectivity index (χ4n) is 3.27. The number of aromatic nitrogens is 4. The Morgan fingerprint density at radius 3 is 2.81 bits per heavy atom. The second-order valence-corrected chi connectivity index (χ2v) is 9.51. The summed E-state index contributed by atoms with van der Waals surface area (Å²) >= 11 is 4.43. The van der Waals surface area contributed by atoms with Gasteiger partial charge in [-0.05, 0) is 51.5 Å². The number of hydrogen-bond donors (Lipinski definition) is 0. The minimum atomic E-state index is -0.383. The molecular weight excluding hydrogens is 455 g/mol. The lowest BCUT2D eigenvalue weighted by molar-refractivity contribution is -0.130. The Bertz CT molecular complexity index is 1220. The molecule has 0 saturated heterocycles. The van der Waals surface area contributed by atoms with E-state index < -0.39 is 0 Å². The number of nitrogens with zero attached hydrogens (tertiary/aromatic N) is 6. The molecule has 0 aliphatic carbocycles. The number of rotatable bonds is 6. The van der Waals surface area contributed by atoms with Gasteiger partial charge in [0.2, 0.25) is 5.16 Å². The number of halogens is 1. The Kier molecular flexibility index (Phi) is 5.62. The van der Waals surface area contributed by atoms with Crippen molar-refractivity contribution in [1.29, 1.82) is 0 Å². The van der Waals surface area contributed by atoms with Gasteiger partial charge in [-0.25, -0.2) is 9.40 Å². The summed E-state index contributed by atoms with van der Waals surface area (Å²) in [6, 6.07) is 13.9. The molecule has 0 bridgehead atoms. The highest BCUT2D eigenvalue weighted by Crippen LogP contribution is 2.36. The first-order valence-corrected chi connectivity index (χ1v) is 12.1. The van der Waals surface area contributed by atoms with Crippen molar-refractivity contribution in [3.8, 4) is 5.69 Å². The second kappa shape index (κ2) is 8.69. The first-order valence-electron chi connectivity index (χ1n) is 9.33. The van der Waals surface area contributed by atoms with Gasteiger partial charge in [0.15, 0.2) is 0 Å². The van der Waals surface area contributed by atoms with Gasteiger partial charge in [-0.3, -0.25) is 4.79 Å². The number of carbonyl (C=O) groups excluding carboxylic acids is 1. The number of thiophene rings is 2. The summed E-state index contributed by atoms with van der Waals surface area (Å²) in [5.41, 5.74) is 1.41. The van der Waals surface area contributed by atoms with E-state index in [1.807, 2.05) is 35.0 Å². The largest absolute Gasteiger partial charge is 0.272 e. The maximum Gasteiger partial charge on any atom is 0.253 e. The molecule has 1 aromatic carbocycles. The minimum Gasteiger partial charge on any atom is -0.272 e. The van der Waals surface area contributed by atoms with Crippen LogP contribution in [0.3, 0.4) is 0 Å². The first kappa shape index (κ1) is 20.0. The summed E-state index contributed by atoms with van der Waals surface area (Å²) in [4.78, 5) is 15.3. The van der Waals surface area contributed by atoms with Crippen LogP contribution in [0.2, 0.25) is 0 Å². The fraction of sp³-hybridized carbons (Fsp3) is 0.150. The van der Waals surface area contributed by atoms with Crippen LogP contribution in [0.5, 0.6) is 0 Å². The summed E-state index contributed by atoms with van der Waals surface area (Å²) in [7, 11) is 0. The molecule has 156 valence electrons. The SMILES string of the molecule is O=C(CSc1nnnn1-c1cccc(F)c1)N1N=C(c2cccs2)CC1c1cccs1. The smallest absolute Gasteiger partial charge is 0.253 e. The van der Waals surface area contributed by atoms with Crippen molar-refractivity contribution in [1.82, 2.24) is 25.2 Å². The molecule has 1 unspecified atom stereocenters. The van der Waals surface area contributed by atoms with Crippen molar-refractivity contribution in [2.24, 2.45) is 5.10 Å². The third kappa shape index (κ3) is 4.16.